The molecule has 0 atom stereocenters. The first-order valence-electron chi connectivity index (χ1n) is 12.5. The van der Waals surface area contributed by atoms with Crippen LogP contribution in [0.1, 0.15) is 19.4 Å². The summed E-state index contributed by atoms with van der Waals surface area (Å²) in [6, 6.07) is 25.8. The van der Waals surface area contributed by atoms with E-state index in [9.17, 15) is 5.11 Å². The zero-order valence-electron chi connectivity index (χ0n) is 21.3. The van der Waals surface area contributed by atoms with Crippen molar-refractivity contribution in [2.24, 2.45) is 0 Å². The number of aromatic nitrogens is 1. The predicted molar refractivity (Wildman–Crippen MR) is 154 cm³/mol. The number of hydrogen-bond acceptors (Lipinski definition) is 5. The van der Waals surface area contributed by atoms with Crippen LogP contribution in [0.2, 0.25) is 5.02 Å². The van der Waals surface area contributed by atoms with Crippen LogP contribution in [0.3, 0.4) is 0 Å². The van der Waals surface area contributed by atoms with Gasteiger partial charge in [-0.15, -0.1) is 0 Å². The molecular formula is C31H30ClN3O2. The highest BCUT2D eigenvalue weighted by molar-refractivity contribution is 6.31. The fourth-order valence-electron chi connectivity index (χ4n) is 4.69. The molecule has 0 aliphatic carbocycles. The number of anilines is 2. The van der Waals surface area contributed by atoms with E-state index in [2.05, 4.69) is 42.3 Å². The van der Waals surface area contributed by atoms with E-state index in [1.165, 1.54) is 0 Å². The molecule has 0 unspecified atom stereocenters. The van der Waals surface area contributed by atoms with Gasteiger partial charge in [-0.1, -0.05) is 55.8 Å². The maximum atomic E-state index is 11.5. The summed E-state index contributed by atoms with van der Waals surface area (Å²) in [4.78, 5) is 7.12. The van der Waals surface area contributed by atoms with E-state index in [0.29, 0.717) is 17.3 Å². The van der Waals surface area contributed by atoms with Crippen LogP contribution in [-0.4, -0.2) is 35.2 Å². The highest BCUT2D eigenvalue weighted by Crippen LogP contribution is 2.41. The number of phenolic OH excluding ortho intramolecular Hbond substituents is 1. The Labute approximate surface area is 222 Å². The molecule has 1 heterocycles. The zero-order chi connectivity index (χ0) is 25.9. The summed E-state index contributed by atoms with van der Waals surface area (Å²) in [7, 11) is 1.65. The third-order valence-electron chi connectivity index (χ3n) is 6.79. The molecular weight excluding hydrogens is 482 g/mol. The van der Waals surface area contributed by atoms with Gasteiger partial charge in [-0.2, -0.15) is 0 Å². The number of hydrogen-bond donors (Lipinski definition) is 2. The Bertz CT molecular complexity index is 1570. The van der Waals surface area contributed by atoms with Gasteiger partial charge in [0.15, 0.2) is 0 Å². The summed E-state index contributed by atoms with van der Waals surface area (Å²) in [6.45, 7) is 6.71. The average Bonchev–Trinajstić information content (AvgIpc) is 2.93. The van der Waals surface area contributed by atoms with Gasteiger partial charge in [0, 0.05) is 27.9 Å². The van der Waals surface area contributed by atoms with Crippen molar-refractivity contribution in [3.8, 4) is 22.6 Å². The lowest BCUT2D eigenvalue weighted by Gasteiger charge is -2.22. The molecule has 0 radical (unpaired) electrons. The lowest BCUT2D eigenvalue weighted by molar-refractivity contribution is 0.291. The Balaban J connectivity index is 1.73. The first kappa shape index (κ1) is 24.9. The summed E-state index contributed by atoms with van der Waals surface area (Å²) >= 11 is 6.32. The summed E-state index contributed by atoms with van der Waals surface area (Å²) in [5.74, 6) is 0.969. The molecule has 188 valence electrons. The number of pyridine rings is 1. The van der Waals surface area contributed by atoms with Crippen LogP contribution in [0.15, 0.2) is 78.9 Å². The molecule has 0 aliphatic heterocycles. The normalized spacial score (nSPS) is 11.4. The van der Waals surface area contributed by atoms with E-state index in [1.54, 1.807) is 7.11 Å². The number of nitrogens with zero attached hydrogens (tertiary/aromatic N) is 2. The SMILES string of the molecule is CCN(CC)Cc1cc(-c2ccccc2)cc(Nc2c3ccc(Cl)cc3nc3ccc(OC)cc23)c1O. The van der Waals surface area contributed by atoms with Crippen LogP contribution in [-0.2, 0) is 6.54 Å². The second kappa shape index (κ2) is 10.7. The summed E-state index contributed by atoms with van der Waals surface area (Å²) in [6.07, 6.45) is 0. The molecule has 0 amide bonds. The van der Waals surface area contributed by atoms with Gasteiger partial charge in [-0.3, -0.25) is 4.90 Å². The number of benzene rings is 4. The third kappa shape index (κ3) is 5.06. The fraction of sp³-hybridized carbons (Fsp3) is 0.194. The Morgan fingerprint density at radius 3 is 2.38 bits per heavy atom. The molecule has 0 saturated carbocycles. The molecule has 0 aliphatic rings. The standard InChI is InChI=1S/C31H30ClN3O2/c1-4-35(5-2)19-22-15-21(20-9-7-6-8-10-20)16-29(31(22)36)34-30-25-13-11-23(32)17-28(25)33-27-14-12-24(37-3)18-26(27)30/h6-18,36H,4-5,19H2,1-3H3,(H,33,34). The lowest BCUT2D eigenvalue weighted by atomic mass is 10.00. The van der Waals surface area contributed by atoms with Gasteiger partial charge >= 0.3 is 0 Å². The Morgan fingerprint density at radius 2 is 1.65 bits per heavy atom. The predicted octanol–water partition coefficient (Wildman–Crippen LogP) is 8.01. The van der Waals surface area contributed by atoms with Gasteiger partial charge in [-0.25, -0.2) is 4.98 Å². The highest BCUT2D eigenvalue weighted by Gasteiger charge is 2.17. The minimum atomic E-state index is 0.238. The van der Waals surface area contributed by atoms with Crippen LogP contribution >= 0.6 is 11.6 Å². The molecule has 37 heavy (non-hydrogen) atoms. The van der Waals surface area contributed by atoms with Gasteiger partial charge in [0.1, 0.15) is 11.5 Å². The summed E-state index contributed by atoms with van der Waals surface area (Å²) in [5, 5.41) is 17.5. The minimum absolute atomic E-state index is 0.238. The van der Waals surface area contributed by atoms with Crippen LogP contribution in [0.4, 0.5) is 11.4 Å². The highest BCUT2D eigenvalue weighted by atomic mass is 35.5. The first-order chi connectivity index (χ1) is 18.0. The maximum Gasteiger partial charge on any atom is 0.143 e. The van der Waals surface area contributed by atoms with Gasteiger partial charge in [0.2, 0.25) is 0 Å². The maximum absolute atomic E-state index is 11.5. The number of fused-ring (bicyclic) bond motifs is 2. The van der Waals surface area contributed by atoms with E-state index in [-0.39, 0.29) is 5.75 Å². The summed E-state index contributed by atoms with van der Waals surface area (Å²) < 4.78 is 5.52. The summed E-state index contributed by atoms with van der Waals surface area (Å²) in [5.41, 5.74) is 6.04. The minimum Gasteiger partial charge on any atom is -0.505 e. The Hall–Kier alpha value is -3.80. The van der Waals surface area contributed by atoms with Crippen molar-refractivity contribution in [1.82, 2.24) is 9.88 Å². The molecule has 0 fully saturated rings. The number of methoxy groups -OCH3 is 1. The Morgan fingerprint density at radius 1 is 0.865 bits per heavy atom. The molecule has 6 heteroatoms. The molecule has 2 N–H and O–H groups in total. The van der Waals surface area contributed by atoms with E-state index in [0.717, 1.165) is 63.0 Å². The van der Waals surface area contributed by atoms with Crippen LogP contribution in [0, 0.1) is 0 Å². The van der Waals surface area contributed by atoms with Crippen molar-refractivity contribution >= 4 is 44.8 Å². The van der Waals surface area contributed by atoms with Crippen molar-refractivity contribution < 1.29 is 9.84 Å². The average molecular weight is 512 g/mol. The van der Waals surface area contributed by atoms with Gasteiger partial charge < -0.3 is 15.2 Å². The molecule has 5 aromatic rings. The van der Waals surface area contributed by atoms with Gasteiger partial charge in [-0.05, 0) is 72.7 Å². The lowest BCUT2D eigenvalue weighted by Crippen LogP contribution is -2.22. The monoisotopic (exact) mass is 511 g/mol. The van der Waals surface area contributed by atoms with Crippen LogP contribution in [0.5, 0.6) is 11.5 Å². The number of phenols is 1. The van der Waals surface area contributed by atoms with Crippen LogP contribution < -0.4 is 10.1 Å². The van der Waals surface area contributed by atoms with E-state index < -0.39 is 0 Å². The first-order valence-corrected chi connectivity index (χ1v) is 12.9. The number of halogens is 1. The van der Waals surface area contributed by atoms with Gasteiger partial charge in [0.25, 0.3) is 0 Å². The van der Waals surface area contributed by atoms with Gasteiger partial charge in [0.05, 0.1) is 29.5 Å². The molecule has 4 aromatic carbocycles. The van der Waals surface area contributed by atoms with E-state index in [4.69, 9.17) is 21.3 Å². The second-order valence-electron chi connectivity index (χ2n) is 9.02. The second-order valence-corrected chi connectivity index (χ2v) is 9.45. The number of aromatic hydroxyl groups is 1. The van der Waals surface area contributed by atoms with E-state index in [1.807, 2.05) is 60.7 Å². The Kier molecular flexibility index (Phi) is 7.17. The quantitative estimate of drug-likeness (QED) is 0.163. The third-order valence-corrected chi connectivity index (χ3v) is 7.02. The molecule has 0 saturated heterocycles. The van der Waals surface area contributed by atoms with E-state index >= 15 is 0 Å². The topological polar surface area (TPSA) is 57.6 Å². The van der Waals surface area contributed by atoms with Crippen molar-refractivity contribution in [1.29, 1.82) is 0 Å². The molecule has 0 spiro atoms. The zero-order valence-corrected chi connectivity index (χ0v) is 22.0. The number of rotatable bonds is 8. The molecule has 1 aromatic heterocycles. The van der Waals surface area contributed by atoms with Crippen molar-refractivity contribution in [2.75, 3.05) is 25.5 Å². The number of ether oxygens (including phenoxy) is 1. The molecule has 5 rings (SSSR count). The fourth-order valence-corrected chi connectivity index (χ4v) is 4.85. The smallest absolute Gasteiger partial charge is 0.143 e. The molecule has 5 nitrogen and oxygen atoms in total. The van der Waals surface area contributed by atoms with Crippen LogP contribution in [0.25, 0.3) is 32.9 Å². The van der Waals surface area contributed by atoms with Crippen molar-refractivity contribution in [2.45, 2.75) is 20.4 Å². The molecule has 0 bridgehead atoms. The van der Waals surface area contributed by atoms with Crippen molar-refractivity contribution in [3.05, 3.63) is 89.4 Å². The number of nitrogens with one attached hydrogen (secondary N) is 1. The largest absolute Gasteiger partial charge is 0.505 e. The van der Waals surface area contributed by atoms with Crippen molar-refractivity contribution in [3.63, 3.8) is 0 Å².